The van der Waals surface area contributed by atoms with E-state index >= 15 is 0 Å². The van der Waals surface area contributed by atoms with Crippen molar-refractivity contribution in [3.05, 3.63) is 29.8 Å². The number of morpholine rings is 1. The SMILES string of the molecule is CC(C)Oc1ccc(C(Cl)CN2CCOCC2)cc1. The standard InChI is InChI=1S/C15H22ClNO2/c1-12(2)19-14-5-3-13(4-6-14)15(16)11-17-7-9-18-10-8-17/h3-6,12,15H,7-11H2,1-2H3. The average Bonchev–Trinajstić information content (AvgIpc) is 2.40. The van der Waals surface area contributed by atoms with Gasteiger partial charge in [-0.25, -0.2) is 0 Å². The van der Waals surface area contributed by atoms with Gasteiger partial charge < -0.3 is 9.47 Å². The molecule has 0 amide bonds. The second-order valence-corrected chi connectivity index (χ2v) is 5.64. The summed E-state index contributed by atoms with van der Waals surface area (Å²) < 4.78 is 11.0. The summed E-state index contributed by atoms with van der Waals surface area (Å²) in [6.45, 7) is 8.48. The normalized spacial score (nSPS) is 18.5. The van der Waals surface area contributed by atoms with E-state index in [0.29, 0.717) is 0 Å². The van der Waals surface area contributed by atoms with Gasteiger partial charge in [-0.05, 0) is 31.5 Å². The maximum absolute atomic E-state index is 6.47. The van der Waals surface area contributed by atoms with Crippen molar-refractivity contribution in [3.63, 3.8) is 0 Å². The molecule has 106 valence electrons. The van der Waals surface area contributed by atoms with E-state index in [1.807, 2.05) is 26.0 Å². The topological polar surface area (TPSA) is 21.7 Å². The van der Waals surface area contributed by atoms with Crippen LogP contribution in [-0.2, 0) is 4.74 Å². The van der Waals surface area contributed by atoms with Gasteiger partial charge >= 0.3 is 0 Å². The van der Waals surface area contributed by atoms with Gasteiger partial charge in [0, 0.05) is 19.6 Å². The third kappa shape index (κ3) is 4.68. The van der Waals surface area contributed by atoms with E-state index in [4.69, 9.17) is 21.1 Å². The predicted octanol–water partition coefficient (Wildman–Crippen LogP) is 3.09. The Bertz CT molecular complexity index is 374. The Balaban J connectivity index is 1.89. The lowest BCUT2D eigenvalue weighted by molar-refractivity contribution is 0.0378. The van der Waals surface area contributed by atoms with Crippen LogP contribution in [0.4, 0.5) is 0 Å². The van der Waals surface area contributed by atoms with Crippen LogP contribution in [-0.4, -0.2) is 43.9 Å². The number of rotatable bonds is 5. The fraction of sp³-hybridized carbons (Fsp3) is 0.600. The van der Waals surface area contributed by atoms with E-state index < -0.39 is 0 Å². The zero-order valence-corrected chi connectivity index (χ0v) is 12.4. The van der Waals surface area contributed by atoms with Gasteiger partial charge in [0.15, 0.2) is 0 Å². The summed E-state index contributed by atoms with van der Waals surface area (Å²) >= 11 is 6.47. The number of nitrogens with zero attached hydrogens (tertiary/aromatic N) is 1. The minimum Gasteiger partial charge on any atom is -0.491 e. The van der Waals surface area contributed by atoms with Crippen LogP contribution in [0.15, 0.2) is 24.3 Å². The first-order chi connectivity index (χ1) is 9.15. The van der Waals surface area contributed by atoms with E-state index in [-0.39, 0.29) is 11.5 Å². The molecule has 0 saturated carbocycles. The Hall–Kier alpha value is -0.770. The van der Waals surface area contributed by atoms with Crippen LogP contribution in [0.3, 0.4) is 0 Å². The average molecular weight is 284 g/mol. The van der Waals surface area contributed by atoms with Crippen molar-refractivity contribution in [1.82, 2.24) is 4.90 Å². The lowest BCUT2D eigenvalue weighted by atomic mass is 10.1. The fourth-order valence-corrected chi connectivity index (χ4v) is 2.48. The number of alkyl halides is 1. The number of benzene rings is 1. The third-order valence-corrected chi connectivity index (χ3v) is 3.53. The van der Waals surface area contributed by atoms with Crippen LogP contribution in [0.25, 0.3) is 0 Å². The van der Waals surface area contributed by atoms with Gasteiger partial charge in [0.1, 0.15) is 5.75 Å². The first-order valence-electron chi connectivity index (χ1n) is 6.86. The van der Waals surface area contributed by atoms with E-state index in [2.05, 4.69) is 17.0 Å². The molecule has 1 aliphatic rings. The van der Waals surface area contributed by atoms with E-state index in [0.717, 1.165) is 44.2 Å². The summed E-state index contributed by atoms with van der Waals surface area (Å²) in [7, 11) is 0. The van der Waals surface area contributed by atoms with Crippen LogP contribution < -0.4 is 4.74 Å². The molecule has 1 atom stereocenters. The molecule has 0 N–H and O–H groups in total. The Morgan fingerprint density at radius 1 is 1.21 bits per heavy atom. The van der Waals surface area contributed by atoms with Crippen LogP contribution in [0.5, 0.6) is 5.75 Å². The maximum atomic E-state index is 6.47. The molecule has 1 aliphatic heterocycles. The van der Waals surface area contributed by atoms with Gasteiger partial charge in [0.25, 0.3) is 0 Å². The second-order valence-electron chi connectivity index (χ2n) is 5.12. The molecule has 1 fully saturated rings. The summed E-state index contributed by atoms with van der Waals surface area (Å²) in [5.74, 6) is 0.897. The van der Waals surface area contributed by atoms with Gasteiger partial charge in [0.2, 0.25) is 0 Å². The van der Waals surface area contributed by atoms with Gasteiger partial charge in [-0.3, -0.25) is 4.90 Å². The summed E-state index contributed by atoms with van der Waals surface area (Å²) in [5.41, 5.74) is 1.14. The van der Waals surface area contributed by atoms with Crippen molar-refractivity contribution in [2.24, 2.45) is 0 Å². The highest BCUT2D eigenvalue weighted by Gasteiger charge is 2.16. The highest BCUT2D eigenvalue weighted by Crippen LogP contribution is 2.24. The van der Waals surface area contributed by atoms with Crippen LogP contribution >= 0.6 is 11.6 Å². The van der Waals surface area contributed by atoms with E-state index in [9.17, 15) is 0 Å². The van der Waals surface area contributed by atoms with Crippen LogP contribution in [0, 0.1) is 0 Å². The minimum absolute atomic E-state index is 0.0196. The summed E-state index contributed by atoms with van der Waals surface area (Å²) in [6.07, 6.45) is 0.200. The van der Waals surface area contributed by atoms with Gasteiger partial charge in [-0.15, -0.1) is 11.6 Å². The molecular weight excluding hydrogens is 262 g/mol. The molecule has 1 aromatic rings. The molecule has 1 aromatic carbocycles. The van der Waals surface area contributed by atoms with Gasteiger partial charge in [0.05, 0.1) is 24.7 Å². The largest absolute Gasteiger partial charge is 0.491 e. The molecule has 0 bridgehead atoms. The first kappa shape index (κ1) is 14.6. The smallest absolute Gasteiger partial charge is 0.119 e. The molecule has 4 heteroatoms. The van der Waals surface area contributed by atoms with Gasteiger partial charge in [-0.2, -0.15) is 0 Å². The highest BCUT2D eigenvalue weighted by atomic mass is 35.5. The molecule has 2 rings (SSSR count). The molecule has 1 saturated heterocycles. The van der Waals surface area contributed by atoms with Crippen LogP contribution in [0.1, 0.15) is 24.8 Å². The third-order valence-electron chi connectivity index (χ3n) is 3.14. The highest BCUT2D eigenvalue weighted by molar-refractivity contribution is 6.21. The molecule has 3 nitrogen and oxygen atoms in total. The van der Waals surface area contributed by atoms with Crippen molar-refractivity contribution in [3.8, 4) is 5.75 Å². The van der Waals surface area contributed by atoms with Gasteiger partial charge in [-0.1, -0.05) is 12.1 Å². The van der Waals surface area contributed by atoms with Crippen LogP contribution in [0.2, 0.25) is 0 Å². The minimum atomic E-state index is 0.0196. The lowest BCUT2D eigenvalue weighted by Gasteiger charge is -2.28. The first-order valence-corrected chi connectivity index (χ1v) is 7.29. The Morgan fingerprint density at radius 2 is 1.84 bits per heavy atom. The lowest BCUT2D eigenvalue weighted by Crippen LogP contribution is -2.38. The molecule has 0 aromatic heterocycles. The zero-order valence-electron chi connectivity index (χ0n) is 11.6. The summed E-state index contributed by atoms with van der Waals surface area (Å²) in [5, 5.41) is 0.0196. The van der Waals surface area contributed by atoms with Crippen molar-refractivity contribution in [1.29, 1.82) is 0 Å². The summed E-state index contributed by atoms with van der Waals surface area (Å²) in [6, 6.07) is 8.08. The Labute approximate surface area is 120 Å². The molecule has 1 heterocycles. The summed E-state index contributed by atoms with van der Waals surface area (Å²) in [4.78, 5) is 2.35. The van der Waals surface area contributed by atoms with Crippen molar-refractivity contribution >= 4 is 11.6 Å². The fourth-order valence-electron chi connectivity index (χ4n) is 2.14. The molecule has 19 heavy (non-hydrogen) atoms. The quantitative estimate of drug-likeness (QED) is 0.775. The molecule has 0 radical (unpaired) electrons. The number of hydrogen-bond donors (Lipinski definition) is 0. The van der Waals surface area contributed by atoms with Crippen molar-refractivity contribution < 1.29 is 9.47 Å². The van der Waals surface area contributed by atoms with E-state index in [1.165, 1.54) is 0 Å². The molecule has 0 aliphatic carbocycles. The number of halogens is 1. The van der Waals surface area contributed by atoms with Crippen molar-refractivity contribution in [2.45, 2.75) is 25.3 Å². The predicted molar refractivity (Wildman–Crippen MR) is 78.1 cm³/mol. The maximum Gasteiger partial charge on any atom is 0.119 e. The van der Waals surface area contributed by atoms with Crippen molar-refractivity contribution in [2.75, 3.05) is 32.8 Å². The van der Waals surface area contributed by atoms with E-state index in [1.54, 1.807) is 0 Å². The Kier molecular flexibility index (Phi) is 5.49. The molecule has 0 spiro atoms. The monoisotopic (exact) mass is 283 g/mol. The zero-order chi connectivity index (χ0) is 13.7. The molecular formula is C15H22ClNO2. The number of hydrogen-bond acceptors (Lipinski definition) is 3. The Morgan fingerprint density at radius 3 is 2.42 bits per heavy atom. The molecule has 1 unspecified atom stereocenters. The second kappa shape index (κ2) is 7.13. The number of ether oxygens (including phenoxy) is 2.